The van der Waals surface area contributed by atoms with E-state index >= 15 is 0 Å². The molecule has 0 aliphatic rings. The van der Waals surface area contributed by atoms with Gasteiger partial charge in [-0.05, 0) is 53.1 Å². The monoisotopic (exact) mass is 430 g/mol. The van der Waals surface area contributed by atoms with E-state index in [4.69, 9.17) is 0 Å². The maximum Gasteiger partial charge on any atom is 0.262 e. The molecule has 156 valence electrons. The molecular formula is C25H22N2O3S. The molecule has 2 N–H and O–H groups in total. The zero-order chi connectivity index (χ0) is 21.8. The van der Waals surface area contributed by atoms with Gasteiger partial charge < -0.3 is 5.32 Å². The lowest BCUT2D eigenvalue weighted by atomic mass is 10.0. The Balaban J connectivity index is 1.55. The molecule has 4 rings (SSSR count). The summed E-state index contributed by atoms with van der Waals surface area (Å²) in [6.07, 6.45) is 0. The maximum atomic E-state index is 12.9. The molecule has 0 aromatic heterocycles. The Kier molecular flexibility index (Phi) is 5.73. The molecule has 1 amide bonds. The Morgan fingerprint density at radius 2 is 1.55 bits per heavy atom. The van der Waals surface area contributed by atoms with E-state index in [0.29, 0.717) is 23.4 Å². The summed E-state index contributed by atoms with van der Waals surface area (Å²) in [5.41, 5.74) is 2.32. The quantitative estimate of drug-likeness (QED) is 0.458. The van der Waals surface area contributed by atoms with E-state index in [2.05, 4.69) is 10.0 Å². The molecule has 0 radical (unpaired) electrons. The number of hydrogen-bond donors (Lipinski definition) is 2. The minimum atomic E-state index is -3.83. The number of hydrogen-bond acceptors (Lipinski definition) is 3. The van der Waals surface area contributed by atoms with Crippen molar-refractivity contribution < 1.29 is 13.2 Å². The van der Waals surface area contributed by atoms with E-state index in [-0.39, 0.29) is 10.8 Å². The summed E-state index contributed by atoms with van der Waals surface area (Å²) in [5, 5.41) is 5.08. The largest absolute Gasteiger partial charge is 0.348 e. The second-order valence-electron chi connectivity index (χ2n) is 7.27. The van der Waals surface area contributed by atoms with Gasteiger partial charge in [-0.2, -0.15) is 0 Å². The predicted octanol–water partition coefficient (Wildman–Crippen LogP) is 4.88. The van der Waals surface area contributed by atoms with Crippen LogP contribution in [-0.4, -0.2) is 14.3 Å². The summed E-state index contributed by atoms with van der Waals surface area (Å²) in [6, 6.07) is 27.3. The van der Waals surface area contributed by atoms with E-state index < -0.39 is 10.0 Å². The number of para-hydroxylation sites is 1. The molecule has 0 saturated heterocycles. The summed E-state index contributed by atoms with van der Waals surface area (Å²) in [5.74, 6) is -0.330. The zero-order valence-electron chi connectivity index (χ0n) is 17.0. The number of benzene rings is 4. The number of anilines is 1. The lowest BCUT2D eigenvalue weighted by Gasteiger charge is -2.13. The Bertz CT molecular complexity index is 1340. The van der Waals surface area contributed by atoms with Crippen molar-refractivity contribution in [1.29, 1.82) is 0 Å². The van der Waals surface area contributed by atoms with Crippen LogP contribution in [0.4, 0.5) is 5.69 Å². The van der Waals surface area contributed by atoms with Crippen LogP contribution in [0, 0.1) is 6.92 Å². The minimum Gasteiger partial charge on any atom is -0.348 e. The van der Waals surface area contributed by atoms with Gasteiger partial charge >= 0.3 is 0 Å². The van der Waals surface area contributed by atoms with Crippen LogP contribution < -0.4 is 10.0 Å². The van der Waals surface area contributed by atoms with Crippen LogP contribution >= 0.6 is 0 Å². The number of rotatable bonds is 6. The molecule has 0 unspecified atom stereocenters. The van der Waals surface area contributed by atoms with Gasteiger partial charge in [-0.15, -0.1) is 0 Å². The molecule has 0 aliphatic heterocycles. The minimum absolute atomic E-state index is 0.0779. The number of sulfonamides is 1. The van der Waals surface area contributed by atoms with E-state index in [0.717, 1.165) is 16.3 Å². The van der Waals surface area contributed by atoms with Crippen molar-refractivity contribution >= 4 is 32.4 Å². The molecule has 0 atom stereocenters. The van der Waals surface area contributed by atoms with Crippen LogP contribution in [0.15, 0.2) is 95.9 Å². The van der Waals surface area contributed by atoms with E-state index in [1.165, 1.54) is 6.07 Å². The molecule has 0 saturated carbocycles. The Morgan fingerprint density at radius 1 is 0.839 bits per heavy atom. The highest BCUT2D eigenvalue weighted by Crippen LogP contribution is 2.22. The molecule has 6 heteroatoms. The fourth-order valence-corrected chi connectivity index (χ4v) is 4.80. The molecule has 0 bridgehead atoms. The average Bonchev–Trinajstić information content (AvgIpc) is 2.78. The summed E-state index contributed by atoms with van der Waals surface area (Å²) < 4.78 is 28.3. The van der Waals surface area contributed by atoms with Gasteiger partial charge in [0.15, 0.2) is 0 Å². The van der Waals surface area contributed by atoms with Gasteiger partial charge in [0.1, 0.15) is 0 Å². The molecule has 0 spiro atoms. The predicted molar refractivity (Wildman–Crippen MR) is 124 cm³/mol. The molecule has 0 heterocycles. The first kappa shape index (κ1) is 20.6. The summed E-state index contributed by atoms with van der Waals surface area (Å²) in [6.45, 7) is 2.05. The van der Waals surface area contributed by atoms with Gasteiger partial charge in [-0.1, -0.05) is 66.7 Å². The third-order valence-electron chi connectivity index (χ3n) is 5.09. The molecule has 0 fully saturated rings. The highest BCUT2D eigenvalue weighted by Gasteiger charge is 2.19. The SMILES string of the molecule is Cc1ccc(C(=O)NCc2cccc3ccccc23)cc1S(=O)(=O)Nc1ccccc1. The van der Waals surface area contributed by atoms with Crippen molar-refractivity contribution in [2.75, 3.05) is 4.72 Å². The van der Waals surface area contributed by atoms with Crippen LogP contribution in [0.25, 0.3) is 10.8 Å². The average molecular weight is 431 g/mol. The molecule has 0 aliphatic carbocycles. The van der Waals surface area contributed by atoms with Crippen LogP contribution in [0.2, 0.25) is 0 Å². The van der Waals surface area contributed by atoms with Crippen molar-refractivity contribution in [3.63, 3.8) is 0 Å². The smallest absolute Gasteiger partial charge is 0.262 e. The maximum absolute atomic E-state index is 12.9. The molecule has 5 nitrogen and oxygen atoms in total. The third-order valence-corrected chi connectivity index (χ3v) is 6.61. The molecule has 4 aromatic rings. The lowest BCUT2D eigenvalue weighted by molar-refractivity contribution is 0.0951. The Morgan fingerprint density at radius 3 is 2.35 bits per heavy atom. The lowest BCUT2D eigenvalue weighted by Crippen LogP contribution is -2.23. The highest BCUT2D eigenvalue weighted by molar-refractivity contribution is 7.92. The number of fused-ring (bicyclic) bond motifs is 1. The second-order valence-corrected chi connectivity index (χ2v) is 8.92. The van der Waals surface area contributed by atoms with Crippen LogP contribution in [0.1, 0.15) is 21.5 Å². The topological polar surface area (TPSA) is 75.3 Å². The number of nitrogens with one attached hydrogen (secondary N) is 2. The fraction of sp³-hybridized carbons (Fsp3) is 0.0800. The van der Waals surface area contributed by atoms with Gasteiger partial charge in [0.05, 0.1) is 4.90 Å². The first-order chi connectivity index (χ1) is 14.9. The number of amides is 1. The molecule has 4 aromatic carbocycles. The first-order valence-electron chi connectivity index (χ1n) is 9.87. The van der Waals surface area contributed by atoms with Crippen molar-refractivity contribution in [3.05, 3.63) is 108 Å². The normalized spacial score (nSPS) is 11.3. The zero-order valence-corrected chi connectivity index (χ0v) is 17.8. The van der Waals surface area contributed by atoms with Crippen molar-refractivity contribution in [2.45, 2.75) is 18.4 Å². The third kappa shape index (κ3) is 4.59. The molecular weight excluding hydrogens is 408 g/mol. The van der Waals surface area contributed by atoms with Crippen molar-refractivity contribution in [1.82, 2.24) is 5.32 Å². The summed E-state index contributed by atoms with van der Waals surface area (Å²) in [4.78, 5) is 12.9. The number of carbonyl (C=O) groups excluding carboxylic acids is 1. The first-order valence-corrected chi connectivity index (χ1v) is 11.4. The van der Waals surface area contributed by atoms with Gasteiger partial charge in [0, 0.05) is 17.8 Å². The van der Waals surface area contributed by atoms with Gasteiger partial charge in [-0.25, -0.2) is 8.42 Å². The summed E-state index contributed by atoms with van der Waals surface area (Å²) in [7, 11) is -3.83. The molecule has 31 heavy (non-hydrogen) atoms. The van der Waals surface area contributed by atoms with E-state index in [9.17, 15) is 13.2 Å². The van der Waals surface area contributed by atoms with Crippen LogP contribution in [0.5, 0.6) is 0 Å². The number of aryl methyl sites for hydroxylation is 1. The second kappa shape index (κ2) is 8.62. The Labute approximate surface area is 181 Å². The summed E-state index contributed by atoms with van der Waals surface area (Å²) >= 11 is 0. The van der Waals surface area contributed by atoms with Gasteiger partial charge in [0.2, 0.25) is 0 Å². The van der Waals surface area contributed by atoms with Crippen molar-refractivity contribution in [3.8, 4) is 0 Å². The van der Waals surface area contributed by atoms with Crippen LogP contribution in [0.3, 0.4) is 0 Å². The highest BCUT2D eigenvalue weighted by atomic mass is 32.2. The Hall–Kier alpha value is -3.64. The fourth-order valence-electron chi connectivity index (χ4n) is 3.47. The van der Waals surface area contributed by atoms with Gasteiger partial charge in [0.25, 0.3) is 15.9 Å². The van der Waals surface area contributed by atoms with Crippen molar-refractivity contribution in [2.24, 2.45) is 0 Å². The van der Waals surface area contributed by atoms with E-state index in [1.807, 2.05) is 48.5 Å². The van der Waals surface area contributed by atoms with Crippen LogP contribution in [-0.2, 0) is 16.6 Å². The number of carbonyl (C=O) groups is 1. The standard InChI is InChI=1S/C25H22N2O3S/c1-18-14-15-20(16-24(18)31(29,30)27-22-11-3-2-4-12-22)25(28)26-17-21-10-7-9-19-8-5-6-13-23(19)21/h2-16,27H,17H2,1H3,(H,26,28). The van der Waals surface area contributed by atoms with Gasteiger partial charge in [-0.3, -0.25) is 9.52 Å². The van der Waals surface area contributed by atoms with E-state index in [1.54, 1.807) is 43.3 Å².